The van der Waals surface area contributed by atoms with Crippen LogP contribution >= 0.6 is 43.5 Å². The molecule has 0 spiro atoms. The normalized spacial score (nSPS) is 10.3. The van der Waals surface area contributed by atoms with Crippen LogP contribution in [0.4, 0.5) is 0 Å². The fraction of sp³-hybridized carbons (Fsp3) is 0.0714. The second-order valence-corrected chi connectivity index (χ2v) is 5.94. The fourth-order valence-electron chi connectivity index (χ4n) is 1.50. The van der Waals surface area contributed by atoms with Gasteiger partial charge in [0.15, 0.2) is 6.61 Å². The topological polar surface area (TPSA) is 26.3 Å². The van der Waals surface area contributed by atoms with E-state index in [1.165, 1.54) is 0 Å². The molecule has 0 bridgehead atoms. The maximum Gasteiger partial charge on any atom is 0.201 e. The summed E-state index contributed by atoms with van der Waals surface area (Å²) in [5.41, 5.74) is 0.470. The molecule has 0 heterocycles. The maximum absolute atomic E-state index is 12.0. The first-order valence-electron chi connectivity index (χ1n) is 5.43. The number of hydrogen-bond donors (Lipinski definition) is 0. The van der Waals surface area contributed by atoms with Gasteiger partial charge in [0.2, 0.25) is 5.78 Å². The molecule has 0 aromatic heterocycles. The monoisotopic (exact) mass is 402 g/mol. The van der Waals surface area contributed by atoms with Gasteiger partial charge in [-0.3, -0.25) is 4.79 Å². The molecule has 0 saturated heterocycles. The van der Waals surface area contributed by atoms with E-state index < -0.39 is 0 Å². The van der Waals surface area contributed by atoms with Gasteiger partial charge in [0.1, 0.15) is 5.75 Å². The van der Waals surface area contributed by atoms with E-state index in [9.17, 15) is 4.79 Å². The molecular formula is C14H9Br2ClO2. The van der Waals surface area contributed by atoms with Crippen molar-refractivity contribution >= 4 is 49.2 Å². The van der Waals surface area contributed by atoms with Crippen molar-refractivity contribution in [3.63, 3.8) is 0 Å². The summed E-state index contributed by atoms with van der Waals surface area (Å²) in [5, 5.41) is 0.436. The Morgan fingerprint density at radius 2 is 1.89 bits per heavy atom. The number of halogens is 3. The number of ketones is 1. The third kappa shape index (κ3) is 3.81. The van der Waals surface area contributed by atoms with Crippen LogP contribution in [0, 0.1) is 0 Å². The molecule has 0 aliphatic heterocycles. The molecule has 2 aromatic carbocycles. The van der Waals surface area contributed by atoms with E-state index in [1.54, 1.807) is 30.3 Å². The Morgan fingerprint density at radius 1 is 1.16 bits per heavy atom. The van der Waals surface area contributed by atoms with Crippen LogP contribution in [0.2, 0.25) is 5.02 Å². The van der Waals surface area contributed by atoms with Gasteiger partial charge in [0, 0.05) is 10.0 Å². The molecule has 19 heavy (non-hydrogen) atoms. The Morgan fingerprint density at radius 3 is 2.58 bits per heavy atom. The second kappa shape index (κ2) is 6.55. The van der Waals surface area contributed by atoms with E-state index >= 15 is 0 Å². The van der Waals surface area contributed by atoms with Gasteiger partial charge >= 0.3 is 0 Å². The van der Waals surface area contributed by atoms with Crippen LogP contribution in [0.5, 0.6) is 5.75 Å². The van der Waals surface area contributed by atoms with Gasteiger partial charge in [-0.2, -0.15) is 0 Å². The zero-order chi connectivity index (χ0) is 13.8. The molecule has 0 unspecified atom stereocenters. The second-order valence-electron chi connectivity index (χ2n) is 3.77. The van der Waals surface area contributed by atoms with Gasteiger partial charge in [-0.05, 0) is 46.3 Å². The minimum Gasteiger partial charge on any atom is -0.484 e. The van der Waals surface area contributed by atoms with E-state index in [2.05, 4.69) is 31.9 Å². The SMILES string of the molecule is O=C(COc1ccc(Br)cc1Br)c1ccccc1Cl. The molecule has 2 nitrogen and oxygen atoms in total. The molecule has 98 valence electrons. The zero-order valence-corrected chi connectivity index (χ0v) is 13.6. The van der Waals surface area contributed by atoms with Gasteiger partial charge < -0.3 is 4.74 Å². The van der Waals surface area contributed by atoms with Crippen molar-refractivity contribution in [2.45, 2.75) is 0 Å². The third-order valence-corrected chi connectivity index (χ3v) is 3.87. The van der Waals surface area contributed by atoms with Crippen LogP contribution in [0.25, 0.3) is 0 Å². The highest BCUT2D eigenvalue weighted by molar-refractivity contribution is 9.11. The molecule has 2 rings (SSSR count). The van der Waals surface area contributed by atoms with E-state index in [1.807, 2.05) is 12.1 Å². The Hall–Kier alpha value is -0.840. The summed E-state index contributed by atoms with van der Waals surface area (Å²) in [6, 6.07) is 12.4. The lowest BCUT2D eigenvalue weighted by molar-refractivity contribution is 0.0921. The molecule has 0 atom stereocenters. The van der Waals surface area contributed by atoms with Crippen molar-refractivity contribution in [1.82, 2.24) is 0 Å². The van der Waals surface area contributed by atoms with Crippen molar-refractivity contribution in [2.24, 2.45) is 0 Å². The molecular weight excluding hydrogens is 395 g/mol. The predicted molar refractivity (Wildman–Crippen MR) is 83.1 cm³/mol. The minimum absolute atomic E-state index is 0.0516. The summed E-state index contributed by atoms with van der Waals surface area (Å²) in [5.74, 6) is 0.462. The molecule has 0 N–H and O–H groups in total. The number of carbonyl (C=O) groups excluding carboxylic acids is 1. The van der Waals surface area contributed by atoms with Crippen molar-refractivity contribution in [2.75, 3.05) is 6.61 Å². The van der Waals surface area contributed by atoms with Crippen LogP contribution in [-0.4, -0.2) is 12.4 Å². The van der Waals surface area contributed by atoms with Gasteiger partial charge in [-0.1, -0.05) is 39.7 Å². The molecule has 0 fully saturated rings. The Balaban J connectivity index is 2.07. The average Bonchev–Trinajstić information content (AvgIpc) is 2.38. The Kier molecular flexibility index (Phi) is 5.02. The summed E-state index contributed by atoms with van der Waals surface area (Å²) in [6.45, 7) is -0.0516. The highest BCUT2D eigenvalue weighted by Gasteiger charge is 2.11. The number of hydrogen-bond acceptors (Lipinski definition) is 2. The fourth-order valence-corrected chi connectivity index (χ4v) is 2.90. The first-order valence-corrected chi connectivity index (χ1v) is 7.40. The third-order valence-electron chi connectivity index (χ3n) is 2.43. The van der Waals surface area contributed by atoms with Crippen LogP contribution < -0.4 is 4.74 Å². The average molecular weight is 404 g/mol. The first-order chi connectivity index (χ1) is 9.08. The summed E-state index contributed by atoms with van der Waals surface area (Å²) in [4.78, 5) is 12.0. The highest BCUT2D eigenvalue weighted by Crippen LogP contribution is 2.28. The number of benzene rings is 2. The molecule has 2 aromatic rings. The van der Waals surface area contributed by atoms with E-state index in [-0.39, 0.29) is 12.4 Å². The van der Waals surface area contributed by atoms with E-state index in [0.717, 1.165) is 8.95 Å². The van der Waals surface area contributed by atoms with Crippen molar-refractivity contribution in [1.29, 1.82) is 0 Å². The molecule has 0 aliphatic carbocycles. The maximum atomic E-state index is 12.0. The summed E-state index contributed by atoms with van der Waals surface area (Å²) >= 11 is 12.7. The quantitative estimate of drug-likeness (QED) is 0.661. The summed E-state index contributed by atoms with van der Waals surface area (Å²) < 4.78 is 7.21. The van der Waals surface area contributed by atoms with Crippen molar-refractivity contribution < 1.29 is 9.53 Å². The lowest BCUT2D eigenvalue weighted by Crippen LogP contribution is -2.12. The van der Waals surface area contributed by atoms with Crippen LogP contribution in [0.3, 0.4) is 0 Å². The Bertz CT molecular complexity index is 614. The highest BCUT2D eigenvalue weighted by atomic mass is 79.9. The van der Waals surface area contributed by atoms with Gasteiger partial charge in [-0.25, -0.2) is 0 Å². The standard InChI is InChI=1S/C14H9Br2ClO2/c15-9-5-6-14(11(16)7-9)19-8-13(18)10-3-1-2-4-12(10)17/h1-7H,8H2. The lowest BCUT2D eigenvalue weighted by Gasteiger charge is -2.08. The van der Waals surface area contributed by atoms with E-state index in [0.29, 0.717) is 16.3 Å². The number of rotatable bonds is 4. The molecule has 0 saturated carbocycles. The van der Waals surface area contributed by atoms with Crippen LogP contribution in [0.1, 0.15) is 10.4 Å². The number of Topliss-reactive ketones (excluding diaryl/α,β-unsaturated/α-hetero) is 1. The summed E-state index contributed by atoms with van der Waals surface area (Å²) in [6.07, 6.45) is 0. The van der Waals surface area contributed by atoms with Gasteiger partial charge in [0.05, 0.1) is 9.50 Å². The van der Waals surface area contributed by atoms with Gasteiger partial charge in [-0.15, -0.1) is 0 Å². The number of ether oxygens (including phenoxy) is 1. The predicted octanol–water partition coefficient (Wildman–Crippen LogP) is 5.13. The van der Waals surface area contributed by atoms with Crippen LogP contribution in [0.15, 0.2) is 51.4 Å². The van der Waals surface area contributed by atoms with E-state index in [4.69, 9.17) is 16.3 Å². The largest absolute Gasteiger partial charge is 0.484 e. The molecule has 0 amide bonds. The van der Waals surface area contributed by atoms with Gasteiger partial charge in [0.25, 0.3) is 0 Å². The first kappa shape index (κ1) is 14.6. The van der Waals surface area contributed by atoms with Crippen LogP contribution in [-0.2, 0) is 0 Å². The lowest BCUT2D eigenvalue weighted by atomic mass is 10.1. The van der Waals surface area contributed by atoms with Crippen molar-refractivity contribution in [3.8, 4) is 5.75 Å². The molecule has 0 radical (unpaired) electrons. The molecule has 0 aliphatic rings. The zero-order valence-electron chi connectivity index (χ0n) is 9.70. The van der Waals surface area contributed by atoms with Crippen molar-refractivity contribution in [3.05, 3.63) is 62.0 Å². The number of carbonyl (C=O) groups is 1. The molecule has 5 heteroatoms. The summed E-state index contributed by atoms with van der Waals surface area (Å²) in [7, 11) is 0. The minimum atomic E-state index is -0.152. The smallest absolute Gasteiger partial charge is 0.201 e. The Labute approximate surface area is 133 Å².